The lowest BCUT2D eigenvalue weighted by Gasteiger charge is -2.17. The zero-order valence-corrected chi connectivity index (χ0v) is 8.84. The van der Waals surface area contributed by atoms with Crippen LogP contribution in [0.4, 0.5) is 0 Å². The van der Waals surface area contributed by atoms with Gasteiger partial charge in [-0.1, -0.05) is 20.8 Å². The summed E-state index contributed by atoms with van der Waals surface area (Å²) in [7, 11) is 0. The Labute approximate surface area is 80.5 Å². The van der Waals surface area contributed by atoms with Crippen molar-refractivity contribution in [2.75, 3.05) is 19.6 Å². The second kappa shape index (κ2) is 4.61. The van der Waals surface area contributed by atoms with Crippen LogP contribution in [-0.2, 0) is 4.79 Å². The molecule has 1 rings (SSSR count). The first-order chi connectivity index (χ1) is 6.09. The summed E-state index contributed by atoms with van der Waals surface area (Å²) >= 11 is 0. The van der Waals surface area contributed by atoms with Crippen molar-refractivity contribution in [2.45, 2.75) is 33.2 Å². The minimum Gasteiger partial charge on any atom is -0.341 e. The van der Waals surface area contributed by atoms with Gasteiger partial charge in [0.05, 0.1) is 0 Å². The Kier molecular flexibility index (Phi) is 3.72. The molecule has 0 spiro atoms. The van der Waals surface area contributed by atoms with E-state index in [4.69, 9.17) is 0 Å². The van der Waals surface area contributed by atoms with E-state index in [2.05, 4.69) is 26.1 Å². The van der Waals surface area contributed by atoms with Gasteiger partial charge in [0.25, 0.3) is 0 Å². The van der Waals surface area contributed by atoms with E-state index in [1.165, 1.54) is 0 Å². The van der Waals surface area contributed by atoms with Crippen molar-refractivity contribution in [3.63, 3.8) is 0 Å². The van der Waals surface area contributed by atoms with Gasteiger partial charge in [-0.3, -0.25) is 4.79 Å². The quantitative estimate of drug-likeness (QED) is 0.702. The second-order valence-electron chi connectivity index (χ2n) is 4.26. The predicted molar refractivity (Wildman–Crippen MR) is 53.5 cm³/mol. The second-order valence-corrected chi connectivity index (χ2v) is 4.26. The molecule has 13 heavy (non-hydrogen) atoms. The van der Waals surface area contributed by atoms with Crippen LogP contribution in [0.3, 0.4) is 0 Å². The van der Waals surface area contributed by atoms with Crippen molar-refractivity contribution in [1.82, 2.24) is 10.2 Å². The number of nitrogens with zero attached hydrogens (tertiary/aromatic N) is 1. The molecule has 0 bridgehead atoms. The molecule has 0 aromatic rings. The summed E-state index contributed by atoms with van der Waals surface area (Å²) in [5, 5.41) is 3.31. The van der Waals surface area contributed by atoms with Gasteiger partial charge < -0.3 is 10.2 Å². The molecule has 0 aliphatic carbocycles. The van der Waals surface area contributed by atoms with Gasteiger partial charge in [-0.2, -0.15) is 0 Å². The monoisotopic (exact) mass is 184 g/mol. The first-order valence-electron chi connectivity index (χ1n) is 5.10. The van der Waals surface area contributed by atoms with Crippen LogP contribution in [0.2, 0.25) is 0 Å². The fourth-order valence-corrected chi connectivity index (χ4v) is 1.67. The highest BCUT2D eigenvalue weighted by Gasteiger charge is 2.25. The van der Waals surface area contributed by atoms with Gasteiger partial charge in [0.1, 0.15) is 0 Å². The molecular formula is C10H20N2O. The first-order valence-corrected chi connectivity index (χ1v) is 5.10. The molecule has 3 heteroatoms. The van der Waals surface area contributed by atoms with Crippen molar-refractivity contribution < 1.29 is 4.79 Å². The van der Waals surface area contributed by atoms with Crippen LogP contribution < -0.4 is 5.32 Å². The Morgan fingerprint density at radius 2 is 2.31 bits per heavy atom. The highest BCUT2D eigenvalue weighted by atomic mass is 16.2. The molecule has 1 aliphatic heterocycles. The van der Waals surface area contributed by atoms with Crippen molar-refractivity contribution in [3.05, 3.63) is 0 Å². The summed E-state index contributed by atoms with van der Waals surface area (Å²) in [6, 6.07) is 0.509. The van der Waals surface area contributed by atoms with Crippen LogP contribution in [0.1, 0.15) is 27.2 Å². The molecular weight excluding hydrogens is 164 g/mol. The number of amides is 1. The van der Waals surface area contributed by atoms with Gasteiger partial charge >= 0.3 is 0 Å². The fraction of sp³-hybridized carbons (Fsp3) is 0.900. The molecule has 1 unspecified atom stereocenters. The topological polar surface area (TPSA) is 32.3 Å². The van der Waals surface area contributed by atoms with Crippen LogP contribution in [0.5, 0.6) is 0 Å². The summed E-state index contributed by atoms with van der Waals surface area (Å²) < 4.78 is 0. The van der Waals surface area contributed by atoms with Gasteiger partial charge in [0.15, 0.2) is 0 Å². The van der Waals surface area contributed by atoms with Gasteiger partial charge in [-0.05, 0) is 5.92 Å². The lowest BCUT2D eigenvalue weighted by Crippen LogP contribution is -2.35. The molecule has 1 atom stereocenters. The third-order valence-electron chi connectivity index (χ3n) is 2.34. The maximum atomic E-state index is 11.4. The first kappa shape index (κ1) is 10.5. The van der Waals surface area contributed by atoms with Crippen molar-refractivity contribution in [2.24, 2.45) is 5.92 Å². The van der Waals surface area contributed by atoms with Crippen molar-refractivity contribution in [1.29, 1.82) is 0 Å². The molecule has 1 amide bonds. The molecule has 1 N–H and O–H groups in total. The van der Waals surface area contributed by atoms with Crippen LogP contribution in [0, 0.1) is 5.92 Å². The number of hydrogen-bond donors (Lipinski definition) is 1. The predicted octanol–water partition coefficient (Wildman–Crippen LogP) is 0.853. The average Bonchev–Trinajstić information content (AvgIpc) is 2.29. The molecule has 76 valence electrons. The maximum Gasteiger partial charge on any atom is 0.222 e. The zero-order valence-electron chi connectivity index (χ0n) is 8.84. The lowest BCUT2D eigenvalue weighted by molar-refractivity contribution is -0.127. The van der Waals surface area contributed by atoms with Crippen LogP contribution in [0.15, 0.2) is 0 Å². The largest absolute Gasteiger partial charge is 0.341 e. The number of rotatable bonds is 4. The van der Waals surface area contributed by atoms with Crippen molar-refractivity contribution >= 4 is 5.91 Å². The highest BCUT2D eigenvalue weighted by Crippen LogP contribution is 2.15. The van der Waals surface area contributed by atoms with E-state index < -0.39 is 0 Å². The molecule has 1 saturated heterocycles. The Balaban J connectivity index is 2.18. The third kappa shape index (κ3) is 3.35. The molecule has 0 aromatic heterocycles. The van der Waals surface area contributed by atoms with E-state index in [1.54, 1.807) is 0 Å². The normalized spacial score (nSPS) is 23.2. The zero-order chi connectivity index (χ0) is 9.84. The smallest absolute Gasteiger partial charge is 0.222 e. The average molecular weight is 184 g/mol. The lowest BCUT2D eigenvalue weighted by atomic mass is 10.2. The highest BCUT2D eigenvalue weighted by molar-refractivity contribution is 5.78. The van der Waals surface area contributed by atoms with Crippen molar-refractivity contribution in [3.8, 4) is 0 Å². The Bertz CT molecular complexity index is 180. The molecule has 0 saturated carbocycles. The minimum absolute atomic E-state index is 0.318. The number of hydrogen-bond acceptors (Lipinski definition) is 2. The van der Waals surface area contributed by atoms with Gasteiger partial charge in [0, 0.05) is 32.1 Å². The molecule has 0 radical (unpaired) electrons. The third-order valence-corrected chi connectivity index (χ3v) is 2.34. The van der Waals surface area contributed by atoms with Crippen LogP contribution >= 0.6 is 0 Å². The molecule has 0 aromatic carbocycles. The van der Waals surface area contributed by atoms with E-state index in [9.17, 15) is 4.79 Å². The summed E-state index contributed by atoms with van der Waals surface area (Å²) in [5.74, 6) is 0.865. The standard InChI is InChI=1S/C10H20N2O/c1-8(2)11-4-5-12-7-9(3)6-10(12)13/h8-9,11H,4-7H2,1-3H3. The molecule has 1 aliphatic rings. The Hall–Kier alpha value is -0.570. The van der Waals surface area contributed by atoms with E-state index in [-0.39, 0.29) is 0 Å². The molecule has 3 nitrogen and oxygen atoms in total. The van der Waals surface area contributed by atoms with Crippen LogP contribution in [-0.4, -0.2) is 36.5 Å². The number of carbonyl (C=O) groups excluding carboxylic acids is 1. The summed E-state index contributed by atoms with van der Waals surface area (Å²) in [5.41, 5.74) is 0. The Morgan fingerprint density at radius 3 is 2.77 bits per heavy atom. The summed E-state index contributed by atoms with van der Waals surface area (Å²) in [6.45, 7) is 9.09. The fourth-order valence-electron chi connectivity index (χ4n) is 1.67. The SMILES string of the molecule is CC1CC(=O)N(CCNC(C)C)C1. The van der Waals surface area contributed by atoms with E-state index in [1.807, 2.05) is 4.90 Å². The number of likely N-dealkylation sites (tertiary alicyclic amines) is 1. The summed E-state index contributed by atoms with van der Waals surface area (Å²) in [6.07, 6.45) is 0.738. The van der Waals surface area contributed by atoms with Crippen LogP contribution in [0.25, 0.3) is 0 Å². The van der Waals surface area contributed by atoms with E-state index >= 15 is 0 Å². The molecule has 1 heterocycles. The Morgan fingerprint density at radius 1 is 1.62 bits per heavy atom. The molecule has 1 fully saturated rings. The van der Waals surface area contributed by atoms with E-state index in [0.29, 0.717) is 17.9 Å². The van der Waals surface area contributed by atoms with Gasteiger partial charge in [-0.15, -0.1) is 0 Å². The number of nitrogens with one attached hydrogen (secondary N) is 1. The summed E-state index contributed by atoms with van der Waals surface area (Å²) in [4.78, 5) is 13.3. The van der Waals surface area contributed by atoms with E-state index in [0.717, 1.165) is 26.1 Å². The van der Waals surface area contributed by atoms with Gasteiger partial charge in [-0.25, -0.2) is 0 Å². The number of carbonyl (C=O) groups is 1. The maximum absolute atomic E-state index is 11.4. The minimum atomic E-state index is 0.318. The van der Waals surface area contributed by atoms with Gasteiger partial charge in [0.2, 0.25) is 5.91 Å².